The molecule has 0 bridgehead atoms. The molecule has 0 aliphatic carbocycles. The molecule has 0 fully saturated rings. The predicted octanol–water partition coefficient (Wildman–Crippen LogP) is 17.9. The Hall–Kier alpha value is -8.72. The van der Waals surface area contributed by atoms with Crippen LogP contribution in [-0.2, 0) is 0 Å². The number of benzene rings is 12. The van der Waals surface area contributed by atoms with E-state index in [2.05, 4.69) is 252 Å². The Morgan fingerprint density at radius 3 is 1.26 bits per heavy atom. The standard InChI is InChI=1S/C64H40N2/c1-2-13-41(14-3-1)42-27-29-43(30-28-42)44-35-37-49(38-36-44)65(59-25-8-9-26-60(59)66-57-23-6-4-18-51(57)52-19-5-7-24-58(52)66)50-39-48-34-33-47-16-11-21-54-53-20-10-15-45-31-32-46-17-12-22-55(63(46)61(45)53)56(40-50)64(48)62(47)54/h1-40H. The van der Waals surface area contributed by atoms with Gasteiger partial charge in [0.2, 0.25) is 0 Å². The second-order valence-electron chi connectivity index (χ2n) is 17.6. The molecule has 0 N–H and O–H groups in total. The van der Waals surface area contributed by atoms with Gasteiger partial charge >= 0.3 is 0 Å². The highest BCUT2D eigenvalue weighted by molar-refractivity contribution is 6.37. The van der Waals surface area contributed by atoms with E-state index in [1.807, 2.05) is 0 Å². The van der Waals surface area contributed by atoms with Crippen LogP contribution in [-0.4, -0.2) is 4.57 Å². The Morgan fingerprint density at radius 2 is 0.682 bits per heavy atom. The maximum atomic E-state index is 2.49. The predicted molar refractivity (Wildman–Crippen MR) is 283 cm³/mol. The van der Waals surface area contributed by atoms with Gasteiger partial charge < -0.3 is 9.47 Å². The third-order valence-electron chi connectivity index (χ3n) is 14.1. The van der Waals surface area contributed by atoms with Crippen LogP contribution >= 0.6 is 0 Å². The van der Waals surface area contributed by atoms with Crippen molar-refractivity contribution in [3.05, 3.63) is 243 Å². The summed E-state index contributed by atoms with van der Waals surface area (Å²) in [5.74, 6) is 0. The van der Waals surface area contributed by atoms with Gasteiger partial charge in [0.15, 0.2) is 0 Å². The zero-order valence-corrected chi connectivity index (χ0v) is 36.0. The normalized spacial score (nSPS) is 11.9. The maximum Gasteiger partial charge on any atom is 0.0702 e. The molecule has 66 heavy (non-hydrogen) atoms. The molecule has 14 rings (SSSR count). The van der Waals surface area contributed by atoms with Crippen molar-refractivity contribution in [1.82, 2.24) is 4.57 Å². The van der Waals surface area contributed by atoms with Gasteiger partial charge in [-0.05, 0) is 135 Å². The first-order chi connectivity index (χ1) is 32.7. The Morgan fingerprint density at radius 1 is 0.258 bits per heavy atom. The first-order valence-electron chi connectivity index (χ1n) is 22.8. The number of para-hydroxylation sites is 4. The van der Waals surface area contributed by atoms with Crippen molar-refractivity contribution >= 4 is 104 Å². The number of hydrogen-bond acceptors (Lipinski definition) is 1. The fraction of sp³-hybridized carbons (Fsp3) is 0. The minimum absolute atomic E-state index is 1.08. The van der Waals surface area contributed by atoms with E-state index in [0.29, 0.717) is 0 Å². The van der Waals surface area contributed by atoms with Gasteiger partial charge in [-0.15, -0.1) is 0 Å². The molecule has 1 aromatic heterocycles. The maximum absolute atomic E-state index is 2.49. The molecule has 0 unspecified atom stereocenters. The number of hydrogen-bond donors (Lipinski definition) is 0. The Labute approximate surface area is 381 Å². The highest BCUT2D eigenvalue weighted by atomic mass is 15.2. The van der Waals surface area contributed by atoms with Crippen molar-refractivity contribution < 1.29 is 0 Å². The van der Waals surface area contributed by atoms with Gasteiger partial charge in [0.25, 0.3) is 0 Å². The van der Waals surface area contributed by atoms with Gasteiger partial charge in [-0.1, -0.05) is 194 Å². The summed E-state index contributed by atoms with van der Waals surface area (Å²) in [6, 6.07) is 89.8. The summed E-state index contributed by atoms with van der Waals surface area (Å²) < 4.78 is 2.45. The van der Waals surface area contributed by atoms with Crippen LogP contribution in [0.15, 0.2) is 243 Å². The van der Waals surface area contributed by atoms with Crippen LogP contribution in [0.2, 0.25) is 0 Å². The smallest absolute Gasteiger partial charge is 0.0702 e. The highest BCUT2D eigenvalue weighted by Crippen LogP contribution is 2.48. The van der Waals surface area contributed by atoms with E-state index in [0.717, 1.165) is 22.7 Å². The summed E-state index contributed by atoms with van der Waals surface area (Å²) in [7, 11) is 0. The van der Waals surface area contributed by atoms with Crippen molar-refractivity contribution in [2.75, 3.05) is 4.90 Å². The molecule has 306 valence electrons. The van der Waals surface area contributed by atoms with Crippen LogP contribution in [0.5, 0.6) is 0 Å². The Balaban J connectivity index is 1.06. The van der Waals surface area contributed by atoms with Crippen molar-refractivity contribution in [2.45, 2.75) is 0 Å². The quantitative estimate of drug-likeness (QED) is 0.152. The Kier molecular flexibility index (Phi) is 8.02. The topological polar surface area (TPSA) is 8.17 Å². The van der Waals surface area contributed by atoms with Crippen LogP contribution in [0.1, 0.15) is 0 Å². The number of aromatic nitrogens is 1. The first kappa shape index (κ1) is 36.7. The summed E-state index contributed by atoms with van der Waals surface area (Å²) >= 11 is 0. The van der Waals surface area contributed by atoms with E-state index in [-0.39, 0.29) is 0 Å². The van der Waals surface area contributed by atoms with Gasteiger partial charge in [0, 0.05) is 22.1 Å². The van der Waals surface area contributed by atoms with Gasteiger partial charge in [-0.25, -0.2) is 0 Å². The van der Waals surface area contributed by atoms with E-state index in [9.17, 15) is 0 Å². The molecular formula is C64H40N2. The Bertz CT molecular complexity index is 4140. The van der Waals surface area contributed by atoms with Crippen LogP contribution < -0.4 is 4.90 Å². The summed E-state index contributed by atoms with van der Waals surface area (Å²) in [5, 5.41) is 17.7. The molecule has 1 heterocycles. The van der Waals surface area contributed by atoms with Crippen LogP contribution in [0, 0.1) is 0 Å². The van der Waals surface area contributed by atoms with Crippen molar-refractivity contribution in [2.24, 2.45) is 0 Å². The van der Waals surface area contributed by atoms with Crippen LogP contribution in [0.4, 0.5) is 17.1 Å². The first-order valence-corrected chi connectivity index (χ1v) is 22.8. The zero-order valence-electron chi connectivity index (χ0n) is 36.0. The van der Waals surface area contributed by atoms with Crippen molar-refractivity contribution in [1.29, 1.82) is 0 Å². The van der Waals surface area contributed by atoms with E-state index >= 15 is 0 Å². The summed E-state index contributed by atoms with van der Waals surface area (Å²) in [5.41, 5.74) is 11.5. The zero-order chi connectivity index (χ0) is 43.3. The second-order valence-corrected chi connectivity index (χ2v) is 17.6. The molecule has 0 radical (unpaired) electrons. The molecule has 0 atom stereocenters. The molecule has 2 nitrogen and oxygen atoms in total. The largest absolute Gasteiger partial charge is 0.308 e. The number of rotatable bonds is 6. The molecule has 2 heteroatoms. The van der Waals surface area contributed by atoms with Gasteiger partial charge in [-0.3, -0.25) is 0 Å². The number of nitrogens with zero attached hydrogens (tertiary/aromatic N) is 2. The lowest BCUT2D eigenvalue weighted by Gasteiger charge is -2.29. The number of anilines is 3. The fourth-order valence-electron chi connectivity index (χ4n) is 11.1. The molecule has 0 aliphatic heterocycles. The third-order valence-corrected chi connectivity index (χ3v) is 14.1. The lowest BCUT2D eigenvalue weighted by atomic mass is 9.87. The number of fused-ring (bicyclic) bond motifs is 5. The van der Waals surface area contributed by atoms with E-state index in [1.165, 1.54) is 109 Å². The van der Waals surface area contributed by atoms with Gasteiger partial charge in [-0.2, -0.15) is 0 Å². The monoisotopic (exact) mass is 836 g/mol. The molecule has 0 saturated carbocycles. The SMILES string of the molecule is c1ccc(-c2ccc(-c3ccc(N(c4cc5ccc6cccc7c8cccc9ccc%10cccc(c(c4)c5c67)c%10c98)c4ccccc4-n4c5ccccc5c5ccccc54)cc3)cc2)cc1. The van der Waals surface area contributed by atoms with E-state index < -0.39 is 0 Å². The average Bonchev–Trinajstić information content (AvgIpc) is 3.72. The lowest BCUT2D eigenvalue weighted by molar-refractivity contribution is 1.15. The molecule has 13 aromatic carbocycles. The highest BCUT2D eigenvalue weighted by Gasteiger charge is 2.23. The average molecular weight is 837 g/mol. The minimum Gasteiger partial charge on any atom is -0.308 e. The molecule has 0 spiro atoms. The van der Waals surface area contributed by atoms with Gasteiger partial charge in [0.05, 0.1) is 22.4 Å². The van der Waals surface area contributed by atoms with Crippen LogP contribution in [0.3, 0.4) is 0 Å². The molecular weight excluding hydrogens is 797 g/mol. The van der Waals surface area contributed by atoms with E-state index in [1.54, 1.807) is 0 Å². The second kappa shape index (κ2) is 14.4. The molecule has 14 aromatic rings. The summed E-state index contributed by atoms with van der Waals surface area (Å²) in [6.07, 6.45) is 0. The molecule has 0 saturated heterocycles. The van der Waals surface area contributed by atoms with E-state index in [4.69, 9.17) is 0 Å². The fourth-order valence-corrected chi connectivity index (χ4v) is 11.1. The minimum atomic E-state index is 1.08. The van der Waals surface area contributed by atoms with Crippen molar-refractivity contribution in [3.8, 4) is 27.9 Å². The summed E-state index contributed by atoms with van der Waals surface area (Å²) in [6.45, 7) is 0. The van der Waals surface area contributed by atoms with Crippen molar-refractivity contribution in [3.63, 3.8) is 0 Å². The molecule has 0 amide bonds. The lowest BCUT2D eigenvalue weighted by Crippen LogP contribution is -2.13. The summed E-state index contributed by atoms with van der Waals surface area (Å²) in [4.78, 5) is 2.49. The van der Waals surface area contributed by atoms with Crippen LogP contribution in [0.25, 0.3) is 114 Å². The molecule has 0 aliphatic rings. The third kappa shape index (κ3) is 5.49. The van der Waals surface area contributed by atoms with Gasteiger partial charge in [0.1, 0.15) is 0 Å².